The lowest BCUT2D eigenvalue weighted by atomic mass is 10.2. The zero-order chi connectivity index (χ0) is 16.9. The summed E-state index contributed by atoms with van der Waals surface area (Å²) < 4.78 is 16.0. The Bertz CT molecular complexity index is 723. The van der Waals surface area contributed by atoms with Gasteiger partial charge in [0.25, 0.3) is 0 Å². The number of hydrogen-bond donors (Lipinski definition) is 1. The average molecular weight is 328 g/mol. The Kier molecular flexibility index (Phi) is 4.86. The number of furan rings is 1. The molecule has 6 heteroatoms. The van der Waals surface area contributed by atoms with Gasteiger partial charge in [-0.25, -0.2) is 0 Å². The first kappa shape index (κ1) is 16.1. The third kappa shape index (κ3) is 3.78. The van der Waals surface area contributed by atoms with Gasteiger partial charge in [0.2, 0.25) is 12.7 Å². The highest BCUT2D eigenvalue weighted by Gasteiger charge is 2.17. The first-order valence-electron chi connectivity index (χ1n) is 7.69. The van der Waals surface area contributed by atoms with E-state index in [1.165, 1.54) is 6.08 Å². The minimum absolute atomic E-state index is 0.0112. The fraction of sp³-hybridized carbons (Fsp3) is 0.278. The number of nitrogens with one attached hydrogen (secondary N) is 1. The minimum atomic E-state index is -0.161. The summed E-state index contributed by atoms with van der Waals surface area (Å²) in [7, 11) is 3.89. The molecule has 0 saturated heterocycles. The molecule has 1 N–H and O–H groups in total. The van der Waals surface area contributed by atoms with Gasteiger partial charge in [-0.15, -0.1) is 0 Å². The number of hydrogen-bond acceptors (Lipinski definition) is 5. The summed E-state index contributed by atoms with van der Waals surface area (Å²) in [5.41, 5.74) is 0.879. The summed E-state index contributed by atoms with van der Waals surface area (Å²) in [6.45, 7) is 0.701. The van der Waals surface area contributed by atoms with Crippen molar-refractivity contribution in [3.63, 3.8) is 0 Å². The van der Waals surface area contributed by atoms with Crippen LogP contribution in [0.2, 0.25) is 0 Å². The van der Waals surface area contributed by atoms with Gasteiger partial charge in [-0.1, -0.05) is 6.07 Å². The molecular weight excluding hydrogens is 308 g/mol. The first-order valence-corrected chi connectivity index (χ1v) is 7.69. The molecule has 24 heavy (non-hydrogen) atoms. The van der Waals surface area contributed by atoms with Crippen molar-refractivity contribution in [1.29, 1.82) is 0 Å². The lowest BCUT2D eigenvalue weighted by molar-refractivity contribution is -0.116. The van der Waals surface area contributed by atoms with Gasteiger partial charge in [-0.05, 0) is 50.0 Å². The molecule has 2 aromatic rings. The molecule has 0 bridgehead atoms. The zero-order valence-electron chi connectivity index (χ0n) is 13.7. The van der Waals surface area contributed by atoms with E-state index in [0.717, 1.165) is 17.1 Å². The Balaban J connectivity index is 1.57. The summed E-state index contributed by atoms with van der Waals surface area (Å²) in [4.78, 5) is 14.0. The maximum absolute atomic E-state index is 12.0. The van der Waals surface area contributed by atoms with Crippen LogP contribution in [0.3, 0.4) is 0 Å². The molecule has 0 spiro atoms. The molecule has 1 aromatic carbocycles. The van der Waals surface area contributed by atoms with E-state index in [9.17, 15) is 4.79 Å². The van der Waals surface area contributed by atoms with E-state index in [2.05, 4.69) is 5.32 Å². The first-order chi connectivity index (χ1) is 11.6. The van der Waals surface area contributed by atoms with Crippen LogP contribution in [0.5, 0.6) is 11.5 Å². The van der Waals surface area contributed by atoms with E-state index in [-0.39, 0.29) is 18.7 Å². The normalized spacial score (nSPS) is 14.3. The number of benzene rings is 1. The van der Waals surface area contributed by atoms with Gasteiger partial charge in [0.05, 0.1) is 12.3 Å². The number of rotatable bonds is 6. The Morgan fingerprint density at radius 2 is 2.12 bits per heavy atom. The number of amides is 1. The standard InChI is InChI=1S/C18H20N2O4/c1-20(2)14(15-4-3-9-22-15)11-19-18(21)8-6-13-5-7-16-17(10-13)24-12-23-16/h3-10,14H,11-12H2,1-2H3,(H,19,21)/b8-6+. The van der Waals surface area contributed by atoms with Gasteiger partial charge in [0.1, 0.15) is 5.76 Å². The van der Waals surface area contributed by atoms with Gasteiger partial charge < -0.3 is 19.2 Å². The highest BCUT2D eigenvalue weighted by molar-refractivity contribution is 5.91. The van der Waals surface area contributed by atoms with Gasteiger partial charge in [-0.2, -0.15) is 0 Å². The number of fused-ring (bicyclic) bond motifs is 1. The number of carbonyl (C=O) groups is 1. The van der Waals surface area contributed by atoms with Crippen LogP contribution < -0.4 is 14.8 Å². The second-order valence-corrected chi connectivity index (χ2v) is 5.69. The van der Waals surface area contributed by atoms with Gasteiger partial charge >= 0.3 is 0 Å². The summed E-state index contributed by atoms with van der Waals surface area (Å²) in [5, 5.41) is 2.89. The molecule has 1 aromatic heterocycles. The molecule has 1 aliphatic rings. The van der Waals surface area contributed by atoms with Gasteiger partial charge in [0.15, 0.2) is 11.5 Å². The summed E-state index contributed by atoms with van der Waals surface area (Å²) in [5.74, 6) is 2.08. The van der Waals surface area contributed by atoms with Crippen molar-refractivity contribution < 1.29 is 18.7 Å². The van der Waals surface area contributed by atoms with Crippen LogP contribution in [-0.4, -0.2) is 38.2 Å². The zero-order valence-corrected chi connectivity index (χ0v) is 13.7. The van der Waals surface area contributed by atoms with Crippen LogP contribution in [0, 0.1) is 0 Å². The molecule has 1 unspecified atom stereocenters. The predicted molar refractivity (Wildman–Crippen MR) is 89.7 cm³/mol. The van der Waals surface area contributed by atoms with E-state index in [1.807, 2.05) is 49.3 Å². The maximum atomic E-state index is 12.0. The third-order valence-corrected chi connectivity index (χ3v) is 3.79. The maximum Gasteiger partial charge on any atom is 0.244 e. The fourth-order valence-corrected chi connectivity index (χ4v) is 2.46. The molecule has 0 saturated carbocycles. The minimum Gasteiger partial charge on any atom is -0.468 e. The highest BCUT2D eigenvalue weighted by atomic mass is 16.7. The summed E-state index contributed by atoms with van der Waals surface area (Å²) in [6, 6.07) is 9.29. The molecule has 1 atom stereocenters. The fourth-order valence-electron chi connectivity index (χ4n) is 2.46. The third-order valence-electron chi connectivity index (χ3n) is 3.79. The monoisotopic (exact) mass is 328 g/mol. The number of carbonyl (C=O) groups excluding carboxylic acids is 1. The van der Waals surface area contributed by atoms with E-state index < -0.39 is 0 Å². The molecule has 126 valence electrons. The SMILES string of the molecule is CN(C)C(CNC(=O)/C=C/c1ccc2c(c1)OCO2)c1ccco1. The molecule has 0 radical (unpaired) electrons. The topological polar surface area (TPSA) is 63.9 Å². The highest BCUT2D eigenvalue weighted by Crippen LogP contribution is 2.32. The van der Waals surface area contributed by atoms with E-state index in [0.29, 0.717) is 12.3 Å². The van der Waals surface area contributed by atoms with Crippen molar-refractivity contribution in [2.75, 3.05) is 27.4 Å². The number of ether oxygens (including phenoxy) is 2. The molecule has 6 nitrogen and oxygen atoms in total. The van der Waals surface area contributed by atoms with Crippen molar-refractivity contribution in [3.05, 3.63) is 54.0 Å². The van der Waals surface area contributed by atoms with Crippen LogP contribution in [-0.2, 0) is 4.79 Å². The van der Waals surface area contributed by atoms with Crippen molar-refractivity contribution in [2.45, 2.75) is 6.04 Å². The van der Waals surface area contributed by atoms with Gasteiger partial charge in [-0.3, -0.25) is 9.69 Å². The summed E-state index contributed by atoms with van der Waals surface area (Å²) >= 11 is 0. The van der Waals surface area contributed by atoms with Crippen molar-refractivity contribution in [3.8, 4) is 11.5 Å². The predicted octanol–water partition coefficient (Wildman–Crippen LogP) is 2.44. The molecule has 3 rings (SSSR count). The lowest BCUT2D eigenvalue weighted by Gasteiger charge is -2.22. The van der Waals surface area contributed by atoms with E-state index in [1.54, 1.807) is 12.3 Å². The smallest absolute Gasteiger partial charge is 0.244 e. The molecule has 2 heterocycles. The van der Waals surface area contributed by atoms with Crippen LogP contribution in [0.4, 0.5) is 0 Å². The Labute approximate surface area is 140 Å². The Morgan fingerprint density at radius 1 is 1.29 bits per heavy atom. The lowest BCUT2D eigenvalue weighted by Crippen LogP contribution is -2.33. The summed E-state index contributed by atoms with van der Waals surface area (Å²) in [6.07, 6.45) is 4.88. The van der Waals surface area contributed by atoms with Crippen molar-refractivity contribution in [1.82, 2.24) is 10.2 Å². The Morgan fingerprint density at radius 3 is 2.88 bits per heavy atom. The van der Waals surface area contributed by atoms with Crippen LogP contribution in [0.15, 0.2) is 47.1 Å². The van der Waals surface area contributed by atoms with E-state index >= 15 is 0 Å². The molecule has 1 aliphatic heterocycles. The quantitative estimate of drug-likeness (QED) is 0.825. The largest absolute Gasteiger partial charge is 0.468 e. The second-order valence-electron chi connectivity index (χ2n) is 5.69. The van der Waals surface area contributed by atoms with Crippen molar-refractivity contribution >= 4 is 12.0 Å². The van der Waals surface area contributed by atoms with Crippen LogP contribution in [0.1, 0.15) is 17.4 Å². The van der Waals surface area contributed by atoms with Crippen LogP contribution in [0.25, 0.3) is 6.08 Å². The molecule has 0 aliphatic carbocycles. The van der Waals surface area contributed by atoms with Crippen LogP contribution >= 0.6 is 0 Å². The second kappa shape index (κ2) is 7.23. The molecular formula is C18H20N2O4. The van der Waals surface area contributed by atoms with Gasteiger partial charge in [0, 0.05) is 12.6 Å². The molecule has 1 amide bonds. The van der Waals surface area contributed by atoms with E-state index in [4.69, 9.17) is 13.9 Å². The molecule has 0 fully saturated rings. The number of likely N-dealkylation sites (N-methyl/N-ethyl adjacent to an activating group) is 1. The number of nitrogens with zero attached hydrogens (tertiary/aromatic N) is 1. The van der Waals surface area contributed by atoms with Crippen molar-refractivity contribution in [2.24, 2.45) is 0 Å². The average Bonchev–Trinajstić information content (AvgIpc) is 3.23. The Hall–Kier alpha value is -2.73.